The highest BCUT2D eigenvalue weighted by molar-refractivity contribution is 6.35. The number of ether oxygens (including phenoxy) is 4. The molecular formula is C43H47Cl2N3O6. The first-order chi connectivity index (χ1) is 26.3. The molecule has 0 aliphatic carbocycles. The van der Waals surface area contributed by atoms with Crippen LogP contribution in [0.3, 0.4) is 0 Å². The van der Waals surface area contributed by atoms with Gasteiger partial charge in [0.05, 0.1) is 35.2 Å². The number of piperidine rings is 4. The van der Waals surface area contributed by atoms with Crippen molar-refractivity contribution in [1.82, 2.24) is 14.8 Å². The highest BCUT2D eigenvalue weighted by Crippen LogP contribution is 2.40. The number of esters is 2. The summed E-state index contributed by atoms with van der Waals surface area (Å²) < 4.78 is 23.5. The molecule has 4 fully saturated rings. The second-order valence-corrected chi connectivity index (χ2v) is 15.4. The molecular weight excluding hydrogens is 725 g/mol. The van der Waals surface area contributed by atoms with Crippen molar-refractivity contribution in [1.29, 1.82) is 0 Å². The lowest BCUT2D eigenvalue weighted by Crippen LogP contribution is -2.55. The molecule has 9 nitrogen and oxygen atoms in total. The van der Waals surface area contributed by atoms with Gasteiger partial charge in [-0.3, -0.25) is 14.7 Å². The standard InChI is InChI=1S/C43H47Cl2N3O6/c1-51-37-12-11-31(24-39(37)52-2)38(25-34-35(44)26-46-27-36(34)45)53-41(49)32-8-6-7-29(23-32)13-18-47-21-16-43(17-22-47,33-9-4-3-5-10-33)42(50)54-40-28-48-19-14-30(40)15-20-48/h3-12,23-24,26-27,30,38,40H,13-22,25,28H2,1-2H3/t38-,40-/m0/s1. The normalized spacial score (nSPS) is 21.2. The Morgan fingerprint density at radius 2 is 1.59 bits per heavy atom. The molecule has 0 amide bonds. The van der Waals surface area contributed by atoms with E-state index in [0.717, 1.165) is 69.7 Å². The van der Waals surface area contributed by atoms with Gasteiger partial charge in [0.25, 0.3) is 0 Å². The number of rotatable bonds is 13. The van der Waals surface area contributed by atoms with Crippen molar-refractivity contribution in [2.24, 2.45) is 5.92 Å². The van der Waals surface area contributed by atoms with Gasteiger partial charge in [-0.25, -0.2) is 4.79 Å². The quantitative estimate of drug-likeness (QED) is 0.127. The van der Waals surface area contributed by atoms with E-state index < -0.39 is 17.5 Å². The summed E-state index contributed by atoms with van der Waals surface area (Å²) >= 11 is 13.0. The lowest BCUT2D eigenvalue weighted by Gasteiger charge is -2.46. The van der Waals surface area contributed by atoms with Crippen molar-refractivity contribution in [2.75, 3.05) is 53.5 Å². The number of methoxy groups -OCH3 is 2. The van der Waals surface area contributed by atoms with E-state index in [2.05, 4.69) is 26.9 Å². The number of fused-ring (bicyclic) bond motifs is 3. The molecule has 1 aromatic heterocycles. The molecule has 0 spiro atoms. The maximum atomic E-state index is 14.1. The van der Waals surface area contributed by atoms with Crippen LogP contribution in [0.4, 0.5) is 0 Å². The van der Waals surface area contributed by atoms with Gasteiger partial charge in [0, 0.05) is 31.9 Å². The Bertz CT molecular complexity index is 1910. The van der Waals surface area contributed by atoms with Crippen LogP contribution in [-0.4, -0.2) is 86.3 Å². The number of hydrogen-bond acceptors (Lipinski definition) is 9. The summed E-state index contributed by atoms with van der Waals surface area (Å²) in [6.45, 7) is 5.42. The first kappa shape index (κ1) is 38.1. The van der Waals surface area contributed by atoms with E-state index in [-0.39, 0.29) is 18.5 Å². The van der Waals surface area contributed by atoms with E-state index in [1.165, 1.54) is 12.4 Å². The summed E-state index contributed by atoms with van der Waals surface area (Å²) in [7, 11) is 3.12. The van der Waals surface area contributed by atoms with Crippen LogP contribution in [-0.2, 0) is 32.5 Å². The lowest BCUT2D eigenvalue weighted by molar-refractivity contribution is -0.168. The molecule has 0 saturated carbocycles. The van der Waals surface area contributed by atoms with Crippen LogP contribution < -0.4 is 9.47 Å². The van der Waals surface area contributed by atoms with Crippen molar-refractivity contribution in [2.45, 2.75) is 56.1 Å². The molecule has 4 aromatic rings. The number of carbonyl (C=O) groups is 2. The minimum absolute atomic E-state index is 0.0156. The zero-order valence-electron chi connectivity index (χ0n) is 30.8. The number of likely N-dealkylation sites (tertiary alicyclic amines) is 1. The molecule has 3 aromatic carbocycles. The number of aromatic nitrogens is 1. The Balaban J connectivity index is 1.01. The fourth-order valence-electron chi connectivity index (χ4n) is 8.26. The zero-order valence-corrected chi connectivity index (χ0v) is 32.4. The Morgan fingerprint density at radius 3 is 2.26 bits per heavy atom. The number of carbonyl (C=O) groups excluding carboxylic acids is 2. The monoisotopic (exact) mass is 771 g/mol. The fraction of sp³-hybridized carbons (Fsp3) is 0.419. The van der Waals surface area contributed by atoms with Gasteiger partial charge in [-0.05, 0) is 111 Å². The Kier molecular flexibility index (Phi) is 12.1. The molecule has 54 heavy (non-hydrogen) atoms. The van der Waals surface area contributed by atoms with Crippen LogP contribution in [0.15, 0.2) is 85.2 Å². The second kappa shape index (κ2) is 17.1. The number of pyridine rings is 1. The minimum Gasteiger partial charge on any atom is -0.493 e. The molecule has 0 unspecified atom stereocenters. The summed E-state index contributed by atoms with van der Waals surface area (Å²) in [5.41, 5.74) is 3.19. The molecule has 0 radical (unpaired) electrons. The minimum atomic E-state index is -0.728. The molecule has 4 aliphatic rings. The third kappa shape index (κ3) is 8.40. The van der Waals surface area contributed by atoms with Crippen LogP contribution in [0.5, 0.6) is 11.5 Å². The van der Waals surface area contributed by atoms with E-state index in [1.54, 1.807) is 32.4 Å². The van der Waals surface area contributed by atoms with E-state index >= 15 is 0 Å². The van der Waals surface area contributed by atoms with Gasteiger partial charge in [-0.2, -0.15) is 0 Å². The van der Waals surface area contributed by atoms with Gasteiger partial charge in [-0.1, -0.05) is 71.7 Å². The van der Waals surface area contributed by atoms with E-state index in [0.29, 0.717) is 57.0 Å². The van der Waals surface area contributed by atoms with E-state index in [4.69, 9.17) is 42.1 Å². The smallest absolute Gasteiger partial charge is 0.338 e. The number of hydrogen-bond donors (Lipinski definition) is 0. The van der Waals surface area contributed by atoms with Gasteiger partial charge < -0.3 is 23.8 Å². The number of benzene rings is 3. The Hall–Kier alpha value is -4.15. The fourth-order valence-corrected chi connectivity index (χ4v) is 8.78. The largest absolute Gasteiger partial charge is 0.493 e. The summed E-state index contributed by atoms with van der Waals surface area (Å²) in [5, 5.41) is 0.770. The molecule has 8 rings (SSSR count). The summed E-state index contributed by atoms with van der Waals surface area (Å²) in [6.07, 6.45) is 6.89. The van der Waals surface area contributed by atoms with Crippen molar-refractivity contribution in [3.05, 3.63) is 123 Å². The van der Waals surface area contributed by atoms with Gasteiger partial charge in [0.15, 0.2) is 11.5 Å². The maximum absolute atomic E-state index is 14.1. The van der Waals surface area contributed by atoms with Crippen LogP contribution in [0, 0.1) is 5.92 Å². The Labute approximate surface area is 327 Å². The third-order valence-electron chi connectivity index (χ3n) is 11.5. The Morgan fingerprint density at radius 1 is 0.870 bits per heavy atom. The highest BCUT2D eigenvalue weighted by Gasteiger charge is 2.47. The summed E-state index contributed by atoms with van der Waals surface area (Å²) in [6, 6.07) is 23.2. The first-order valence-corrected chi connectivity index (χ1v) is 19.5. The average molecular weight is 773 g/mol. The molecule has 2 atom stereocenters. The molecule has 4 aliphatic heterocycles. The van der Waals surface area contributed by atoms with Crippen LogP contribution in [0.2, 0.25) is 10.0 Å². The van der Waals surface area contributed by atoms with Gasteiger partial charge >= 0.3 is 11.9 Å². The topological polar surface area (TPSA) is 90.4 Å². The number of nitrogens with zero attached hydrogens (tertiary/aromatic N) is 3. The second-order valence-electron chi connectivity index (χ2n) is 14.6. The molecule has 5 heterocycles. The van der Waals surface area contributed by atoms with Gasteiger partial charge in [0.1, 0.15) is 12.2 Å². The summed E-state index contributed by atoms with van der Waals surface area (Å²) in [4.78, 5) is 36.7. The zero-order chi connectivity index (χ0) is 37.7. The van der Waals surface area contributed by atoms with Crippen molar-refractivity contribution in [3.63, 3.8) is 0 Å². The molecule has 4 saturated heterocycles. The van der Waals surface area contributed by atoms with E-state index in [1.807, 2.05) is 42.5 Å². The lowest BCUT2D eigenvalue weighted by atomic mass is 9.72. The molecule has 2 bridgehead atoms. The predicted octanol–water partition coefficient (Wildman–Crippen LogP) is 7.76. The molecule has 11 heteroatoms. The van der Waals surface area contributed by atoms with E-state index in [9.17, 15) is 9.59 Å². The highest BCUT2D eigenvalue weighted by atomic mass is 35.5. The SMILES string of the molecule is COc1ccc([C@H](Cc2c(Cl)cncc2Cl)OC(=O)c2cccc(CCN3CCC(C(=O)O[C@H]4CN5CCC4CC5)(c4ccccc4)CC3)c2)cc1OC. The predicted molar refractivity (Wildman–Crippen MR) is 209 cm³/mol. The van der Waals surface area contributed by atoms with Crippen molar-refractivity contribution < 1.29 is 28.5 Å². The van der Waals surface area contributed by atoms with Gasteiger partial charge in [-0.15, -0.1) is 0 Å². The summed E-state index contributed by atoms with van der Waals surface area (Å²) in [5.74, 6) is 0.996. The number of halogens is 2. The first-order valence-electron chi connectivity index (χ1n) is 18.8. The van der Waals surface area contributed by atoms with Crippen LogP contribution >= 0.6 is 23.2 Å². The third-order valence-corrected chi connectivity index (χ3v) is 12.2. The van der Waals surface area contributed by atoms with Crippen molar-refractivity contribution >= 4 is 35.1 Å². The molecule has 284 valence electrons. The molecule has 0 N–H and O–H groups in total. The maximum Gasteiger partial charge on any atom is 0.338 e. The van der Waals surface area contributed by atoms with Crippen LogP contribution in [0.1, 0.15) is 64.4 Å². The van der Waals surface area contributed by atoms with Gasteiger partial charge in [0.2, 0.25) is 0 Å². The average Bonchev–Trinajstić information content (AvgIpc) is 3.21. The van der Waals surface area contributed by atoms with Crippen molar-refractivity contribution in [3.8, 4) is 11.5 Å². The van der Waals surface area contributed by atoms with Crippen LogP contribution in [0.25, 0.3) is 0 Å².